The molecule has 0 amide bonds. The van der Waals surface area contributed by atoms with E-state index in [1.807, 2.05) is 30.3 Å². The number of ketones is 1. The molecule has 22 heavy (non-hydrogen) atoms. The van der Waals surface area contributed by atoms with Crippen LogP contribution in [0, 0.1) is 5.92 Å². The molecular weight excluding hydrogens is 276 g/mol. The van der Waals surface area contributed by atoms with Crippen LogP contribution in [0.1, 0.15) is 29.1 Å². The Morgan fingerprint density at radius 3 is 3.09 bits per heavy atom. The van der Waals surface area contributed by atoms with Crippen molar-refractivity contribution >= 4 is 11.9 Å². The van der Waals surface area contributed by atoms with Crippen LogP contribution in [0.4, 0.5) is 0 Å². The molecule has 0 radical (unpaired) electrons. The fraction of sp³-hybridized carbons (Fsp3) is 0.333. The fourth-order valence-electron chi connectivity index (χ4n) is 2.86. The second-order valence-electron chi connectivity index (χ2n) is 5.60. The molecule has 1 atom stereocenters. The Balaban J connectivity index is 1.56. The molecule has 1 unspecified atom stereocenters. The summed E-state index contributed by atoms with van der Waals surface area (Å²) in [5.41, 5.74) is 0.584. The van der Waals surface area contributed by atoms with Gasteiger partial charge >= 0.3 is 0 Å². The van der Waals surface area contributed by atoms with E-state index >= 15 is 0 Å². The van der Waals surface area contributed by atoms with Crippen LogP contribution < -0.4 is 0 Å². The maximum atomic E-state index is 12.5. The number of nitrogens with zero attached hydrogens (tertiary/aromatic N) is 2. The lowest BCUT2D eigenvalue weighted by Gasteiger charge is -2.30. The van der Waals surface area contributed by atoms with E-state index in [-0.39, 0.29) is 11.7 Å². The lowest BCUT2D eigenvalue weighted by molar-refractivity contribution is 0.0826. The first kappa shape index (κ1) is 14.7. The minimum absolute atomic E-state index is 0.0562. The van der Waals surface area contributed by atoms with Gasteiger partial charge in [-0.05, 0) is 49.7 Å². The van der Waals surface area contributed by atoms with Gasteiger partial charge in [0.05, 0.1) is 6.26 Å². The highest BCUT2D eigenvalue weighted by atomic mass is 16.3. The van der Waals surface area contributed by atoms with E-state index in [0.29, 0.717) is 5.69 Å². The first-order chi connectivity index (χ1) is 10.8. The summed E-state index contributed by atoms with van der Waals surface area (Å²) in [6, 6.07) is 9.32. The van der Waals surface area contributed by atoms with E-state index in [0.717, 1.165) is 38.2 Å². The number of pyridine rings is 1. The van der Waals surface area contributed by atoms with E-state index in [4.69, 9.17) is 4.42 Å². The van der Waals surface area contributed by atoms with Gasteiger partial charge in [0, 0.05) is 25.2 Å². The van der Waals surface area contributed by atoms with Crippen molar-refractivity contribution in [1.29, 1.82) is 0 Å². The van der Waals surface area contributed by atoms with Crippen LogP contribution in [0.3, 0.4) is 0 Å². The first-order valence-electron chi connectivity index (χ1n) is 7.70. The first-order valence-corrected chi connectivity index (χ1v) is 7.70. The summed E-state index contributed by atoms with van der Waals surface area (Å²) in [5.74, 6) is 1.08. The zero-order chi connectivity index (χ0) is 15.2. The quantitative estimate of drug-likeness (QED) is 0.794. The van der Waals surface area contributed by atoms with Crippen molar-refractivity contribution in [2.45, 2.75) is 12.8 Å². The van der Waals surface area contributed by atoms with Crippen molar-refractivity contribution in [3.8, 4) is 0 Å². The Bertz CT molecular complexity index is 620. The molecule has 114 valence electrons. The molecule has 1 aliphatic rings. The number of carbonyl (C=O) groups is 1. The number of Topliss-reactive ketones (excluding diaryl/α,β-unsaturated/α-hetero) is 1. The summed E-state index contributed by atoms with van der Waals surface area (Å²) in [7, 11) is 0. The monoisotopic (exact) mass is 296 g/mol. The van der Waals surface area contributed by atoms with E-state index in [2.05, 4.69) is 16.0 Å². The van der Waals surface area contributed by atoms with Gasteiger partial charge < -0.3 is 4.42 Å². The zero-order valence-corrected chi connectivity index (χ0v) is 12.5. The standard InChI is InChI=1S/C18H20N2O2/c21-18(17-9-1-2-10-19-17)15-6-3-11-20(14-15)12-4-7-16-8-5-13-22-16/h1-2,4-5,7-10,13,15H,3,6,11-12,14H2/b7-4+. The number of rotatable bonds is 5. The third kappa shape index (κ3) is 3.71. The van der Waals surface area contributed by atoms with E-state index in [1.54, 1.807) is 18.5 Å². The Hall–Kier alpha value is -2.20. The normalized spacial score (nSPS) is 19.5. The highest BCUT2D eigenvalue weighted by Crippen LogP contribution is 2.20. The number of hydrogen-bond acceptors (Lipinski definition) is 4. The molecule has 0 aliphatic carbocycles. The molecule has 1 fully saturated rings. The second kappa shape index (κ2) is 7.18. The van der Waals surface area contributed by atoms with Crippen LogP contribution in [0.5, 0.6) is 0 Å². The average Bonchev–Trinajstić information content (AvgIpc) is 3.09. The topological polar surface area (TPSA) is 46.3 Å². The minimum atomic E-state index is 0.0562. The summed E-state index contributed by atoms with van der Waals surface area (Å²) in [6.07, 6.45) is 9.42. The summed E-state index contributed by atoms with van der Waals surface area (Å²) >= 11 is 0. The summed E-state index contributed by atoms with van der Waals surface area (Å²) in [6.45, 7) is 2.68. The molecular formula is C18H20N2O2. The predicted molar refractivity (Wildman–Crippen MR) is 85.5 cm³/mol. The number of hydrogen-bond donors (Lipinski definition) is 0. The van der Waals surface area contributed by atoms with Crippen LogP contribution >= 0.6 is 0 Å². The van der Waals surface area contributed by atoms with Gasteiger partial charge in [-0.25, -0.2) is 0 Å². The van der Waals surface area contributed by atoms with Gasteiger partial charge in [-0.1, -0.05) is 12.1 Å². The number of aromatic nitrogens is 1. The molecule has 0 spiro atoms. The highest BCUT2D eigenvalue weighted by molar-refractivity contribution is 5.96. The fourth-order valence-corrected chi connectivity index (χ4v) is 2.86. The zero-order valence-electron chi connectivity index (χ0n) is 12.5. The number of piperidine rings is 1. The molecule has 0 N–H and O–H groups in total. The van der Waals surface area contributed by atoms with Crippen LogP contribution in [-0.4, -0.2) is 35.3 Å². The number of carbonyl (C=O) groups excluding carboxylic acids is 1. The third-order valence-electron chi connectivity index (χ3n) is 3.98. The minimum Gasteiger partial charge on any atom is -0.465 e. The molecule has 0 saturated carbocycles. The van der Waals surface area contributed by atoms with Gasteiger partial charge in [-0.15, -0.1) is 0 Å². The van der Waals surface area contributed by atoms with Gasteiger partial charge in [0.15, 0.2) is 5.78 Å². The van der Waals surface area contributed by atoms with Crippen molar-refractivity contribution in [2.24, 2.45) is 5.92 Å². The largest absolute Gasteiger partial charge is 0.465 e. The van der Waals surface area contributed by atoms with Crippen molar-refractivity contribution in [3.63, 3.8) is 0 Å². The SMILES string of the molecule is O=C(c1ccccn1)C1CCCN(C/C=C/c2ccco2)C1. The Kier molecular flexibility index (Phi) is 4.81. The molecule has 1 saturated heterocycles. The van der Waals surface area contributed by atoms with Gasteiger partial charge in [0.25, 0.3) is 0 Å². The molecule has 2 aromatic rings. The van der Waals surface area contributed by atoms with Gasteiger partial charge in [-0.2, -0.15) is 0 Å². The maximum absolute atomic E-state index is 12.5. The molecule has 4 heteroatoms. The highest BCUT2D eigenvalue weighted by Gasteiger charge is 2.26. The third-order valence-corrected chi connectivity index (χ3v) is 3.98. The Morgan fingerprint density at radius 1 is 1.36 bits per heavy atom. The molecule has 3 rings (SSSR count). The molecule has 2 aromatic heterocycles. The van der Waals surface area contributed by atoms with Gasteiger partial charge in [0.1, 0.15) is 11.5 Å². The Labute approximate surface area is 130 Å². The van der Waals surface area contributed by atoms with Crippen LogP contribution in [-0.2, 0) is 0 Å². The van der Waals surface area contributed by atoms with Crippen molar-refractivity contribution in [2.75, 3.05) is 19.6 Å². The second-order valence-corrected chi connectivity index (χ2v) is 5.60. The van der Waals surface area contributed by atoms with Crippen molar-refractivity contribution in [1.82, 2.24) is 9.88 Å². The van der Waals surface area contributed by atoms with Gasteiger partial charge in [0.2, 0.25) is 0 Å². The predicted octanol–water partition coefficient (Wildman–Crippen LogP) is 3.28. The molecule has 0 aromatic carbocycles. The number of likely N-dealkylation sites (tertiary alicyclic amines) is 1. The smallest absolute Gasteiger partial charge is 0.185 e. The molecule has 3 heterocycles. The summed E-state index contributed by atoms with van der Waals surface area (Å²) in [5, 5.41) is 0. The van der Waals surface area contributed by atoms with Crippen molar-refractivity contribution < 1.29 is 9.21 Å². The van der Waals surface area contributed by atoms with E-state index < -0.39 is 0 Å². The summed E-state index contributed by atoms with van der Waals surface area (Å²) < 4.78 is 5.27. The number of furan rings is 1. The van der Waals surface area contributed by atoms with E-state index in [9.17, 15) is 4.79 Å². The lowest BCUT2D eigenvalue weighted by Crippen LogP contribution is -2.38. The van der Waals surface area contributed by atoms with Crippen LogP contribution in [0.15, 0.2) is 53.3 Å². The van der Waals surface area contributed by atoms with Crippen LogP contribution in [0.25, 0.3) is 6.08 Å². The van der Waals surface area contributed by atoms with Crippen LogP contribution in [0.2, 0.25) is 0 Å². The maximum Gasteiger partial charge on any atom is 0.185 e. The summed E-state index contributed by atoms with van der Waals surface area (Å²) in [4.78, 5) is 19.0. The van der Waals surface area contributed by atoms with Gasteiger partial charge in [-0.3, -0.25) is 14.7 Å². The van der Waals surface area contributed by atoms with Crippen molar-refractivity contribution in [3.05, 3.63) is 60.3 Å². The molecule has 0 bridgehead atoms. The van der Waals surface area contributed by atoms with E-state index in [1.165, 1.54) is 0 Å². The lowest BCUT2D eigenvalue weighted by atomic mass is 9.92. The Morgan fingerprint density at radius 2 is 2.32 bits per heavy atom. The average molecular weight is 296 g/mol. The molecule has 4 nitrogen and oxygen atoms in total. The molecule has 1 aliphatic heterocycles.